The molecule has 1 fully saturated rings. The summed E-state index contributed by atoms with van der Waals surface area (Å²) in [6, 6.07) is 4.78. The van der Waals surface area contributed by atoms with Gasteiger partial charge in [-0.1, -0.05) is 0 Å². The van der Waals surface area contributed by atoms with E-state index in [1.165, 1.54) is 10.4 Å². The molecule has 1 aromatic rings. The quantitative estimate of drug-likeness (QED) is 0.766. The van der Waals surface area contributed by atoms with Crippen LogP contribution in [0.25, 0.3) is 0 Å². The van der Waals surface area contributed by atoms with Crippen LogP contribution in [0.4, 0.5) is 0 Å². The van der Waals surface area contributed by atoms with Crippen molar-refractivity contribution in [3.8, 4) is 5.75 Å². The molecule has 0 aliphatic carbocycles. The lowest BCUT2D eigenvalue weighted by Crippen LogP contribution is -2.42. The molecule has 0 radical (unpaired) electrons. The zero-order valence-corrected chi connectivity index (χ0v) is 14.6. The van der Waals surface area contributed by atoms with E-state index in [0.717, 1.165) is 5.56 Å². The van der Waals surface area contributed by atoms with Crippen molar-refractivity contribution in [3.63, 3.8) is 0 Å². The molecule has 6 nitrogen and oxygen atoms in total. The zero-order valence-electron chi connectivity index (χ0n) is 13.7. The molecule has 23 heavy (non-hydrogen) atoms. The van der Waals surface area contributed by atoms with Gasteiger partial charge in [0, 0.05) is 13.1 Å². The minimum Gasteiger partial charge on any atom is -0.496 e. The number of nitrogens with zero attached hydrogens (tertiary/aromatic N) is 1. The molecule has 0 saturated carbocycles. The van der Waals surface area contributed by atoms with Crippen molar-refractivity contribution in [2.45, 2.75) is 31.6 Å². The second kappa shape index (κ2) is 7.31. The van der Waals surface area contributed by atoms with E-state index in [4.69, 9.17) is 9.47 Å². The molecule has 7 heteroatoms. The largest absolute Gasteiger partial charge is 0.496 e. The second-order valence-electron chi connectivity index (χ2n) is 5.59. The van der Waals surface area contributed by atoms with Crippen molar-refractivity contribution >= 4 is 16.0 Å². The Morgan fingerprint density at radius 1 is 1.39 bits per heavy atom. The van der Waals surface area contributed by atoms with Crippen LogP contribution in [0.1, 0.15) is 25.3 Å². The van der Waals surface area contributed by atoms with Gasteiger partial charge in [-0.3, -0.25) is 4.79 Å². The average molecular weight is 341 g/mol. The van der Waals surface area contributed by atoms with Crippen LogP contribution in [0.2, 0.25) is 0 Å². The van der Waals surface area contributed by atoms with Crippen LogP contribution in [-0.4, -0.2) is 45.5 Å². The van der Waals surface area contributed by atoms with Crippen molar-refractivity contribution in [3.05, 3.63) is 23.8 Å². The summed E-state index contributed by atoms with van der Waals surface area (Å²) in [5.41, 5.74) is 0.757. The number of ether oxygens (including phenoxy) is 2. The Morgan fingerprint density at radius 2 is 2.13 bits per heavy atom. The lowest BCUT2D eigenvalue weighted by atomic mass is 10.0. The first kappa shape index (κ1) is 17.7. The van der Waals surface area contributed by atoms with Gasteiger partial charge in [-0.25, -0.2) is 8.42 Å². The molecule has 1 aliphatic rings. The van der Waals surface area contributed by atoms with Crippen LogP contribution in [0.5, 0.6) is 5.75 Å². The Kier molecular flexibility index (Phi) is 5.64. The third kappa shape index (κ3) is 3.84. The predicted molar refractivity (Wildman–Crippen MR) is 85.8 cm³/mol. The molecule has 1 saturated heterocycles. The van der Waals surface area contributed by atoms with Crippen LogP contribution >= 0.6 is 0 Å². The van der Waals surface area contributed by atoms with Crippen molar-refractivity contribution in [2.75, 3.05) is 26.8 Å². The summed E-state index contributed by atoms with van der Waals surface area (Å²) >= 11 is 0. The number of esters is 1. The van der Waals surface area contributed by atoms with E-state index < -0.39 is 15.9 Å². The Balaban J connectivity index is 2.21. The molecule has 0 spiro atoms. The van der Waals surface area contributed by atoms with Gasteiger partial charge in [0.25, 0.3) is 0 Å². The third-order valence-electron chi connectivity index (χ3n) is 4.01. The number of aryl methyl sites for hydroxylation is 1. The molecule has 0 bridgehead atoms. The Bertz CT molecular complexity index is 671. The number of carbonyl (C=O) groups excluding carboxylic acids is 1. The lowest BCUT2D eigenvalue weighted by Gasteiger charge is -2.30. The Labute approximate surface area is 137 Å². The van der Waals surface area contributed by atoms with E-state index in [-0.39, 0.29) is 17.4 Å². The van der Waals surface area contributed by atoms with E-state index in [2.05, 4.69) is 0 Å². The van der Waals surface area contributed by atoms with Gasteiger partial charge in [0.1, 0.15) is 5.75 Å². The van der Waals surface area contributed by atoms with Crippen molar-refractivity contribution in [2.24, 2.45) is 5.92 Å². The zero-order chi connectivity index (χ0) is 17.0. The summed E-state index contributed by atoms with van der Waals surface area (Å²) in [7, 11) is -2.07. The number of carbonyl (C=O) groups is 1. The number of hydrogen-bond acceptors (Lipinski definition) is 5. The van der Waals surface area contributed by atoms with Gasteiger partial charge in [0.15, 0.2) is 0 Å². The van der Waals surface area contributed by atoms with Gasteiger partial charge in [0.2, 0.25) is 10.0 Å². The van der Waals surface area contributed by atoms with Crippen molar-refractivity contribution in [1.29, 1.82) is 0 Å². The van der Waals surface area contributed by atoms with Gasteiger partial charge in [-0.05, 0) is 50.5 Å². The summed E-state index contributed by atoms with van der Waals surface area (Å²) < 4.78 is 37.2. The smallest absolute Gasteiger partial charge is 0.310 e. The van der Waals surface area contributed by atoms with Crippen LogP contribution in [-0.2, 0) is 19.6 Å². The molecule has 1 aliphatic heterocycles. The van der Waals surface area contributed by atoms with Gasteiger partial charge in [-0.2, -0.15) is 4.31 Å². The van der Waals surface area contributed by atoms with Gasteiger partial charge < -0.3 is 9.47 Å². The normalized spacial score (nSPS) is 19.3. The van der Waals surface area contributed by atoms with E-state index in [1.54, 1.807) is 33.1 Å². The first-order valence-corrected chi connectivity index (χ1v) is 9.15. The Hall–Kier alpha value is -1.60. The molecule has 1 aromatic carbocycles. The molecule has 0 amide bonds. The van der Waals surface area contributed by atoms with Crippen LogP contribution in [0, 0.1) is 12.8 Å². The lowest BCUT2D eigenvalue weighted by molar-refractivity contribution is -0.149. The molecular weight excluding hydrogens is 318 g/mol. The van der Waals surface area contributed by atoms with Gasteiger partial charge in [-0.15, -0.1) is 0 Å². The van der Waals surface area contributed by atoms with Crippen LogP contribution in [0.15, 0.2) is 23.1 Å². The first-order chi connectivity index (χ1) is 10.9. The maximum atomic E-state index is 12.8. The number of methoxy groups -OCH3 is 1. The van der Waals surface area contributed by atoms with E-state index in [0.29, 0.717) is 31.7 Å². The molecule has 1 heterocycles. The fraction of sp³-hybridized carbons (Fsp3) is 0.562. The summed E-state index contributed by atoms with van der Waals surface area (Å²) in [4.78, 5) is 12.1. The molecule has 0 unspecified atom stereocenters. The Morgan fingerprint density at radius 3 is 2.74 bits per heavy atom. The fourth-order valence-electron chi connectivity index (χ4n) is 2.77. The molecule has 2 rings (SSSR count). The summed E-state index contributed by atoms with van der Waals surface area (Å²) in [5.74, 6) is -0.0665. The van der Waals surface area contributed by atoms with E-state index in [9.17, 15) is 13.2 Å². The maximum absolute atomic E-state index is 12.8. The first-order valence-electron chi connectivity index (χ1n) is 7.71. The van der Waals surface area contributed by atoms with Crippen LogP contribution < -0.4 is 4.74 Å². The standard InChI is InChI=1S/C16H23NO5S/c1-4-22-16(18)13-6-5-9-17(11-13)23(19,20)14-7-8-15(21-3)12(2)10-14/h7-8,10,13H,4-6,9,11H2,1-3H3/t13-/m0/s1. The highest BCUT2D eigenvalue weighted by molar-refractivity contribution is 7.89. The topological polar surface area (TPSA) is 72.9 Å². The van der Waals surface area contributed by atoms with Crippen molar-refractivity contribution in [1.82, 2.24) is 4.31 Å². The molecule has 128 valence electrons. The summed E-state index contributed by atoms with van der Waals surface area (Å²) in [5, 5.41) is 0. The number of benzene rings is 1. The predicted octanol–water partition coefficient (Wildman–Crippen LogP) is 1.97. The van der Waals surface area contributed by atoms with Crippen LogP contribution in [0.3, 0.4) is 0 Å². The highest BCUT2D eigenvalue weighted by Crippen LogP contribution is 2.27. The average Bonchev–Trinajstić information content (AvgIpc) is 2.55. The number of rotatable bonds is 5. The minimum absolute atomic E-state index is 0.173. The summed E-state index contributed by atoms with van der Waals surface area (Å²) in [6.45, 7) is 4.44. The van der Waals surface area contributed by atoms with Crippen molar-refractivity contribution < 1.29 is 22.7 Å². The summed E-state index contributed by atoms with van der Waals surface area (Å²) in [6.07, 6.45) is 1.31. The SMILES string of the molecule is CCOC(=O)[C@H]1CCCN(S(=O)(=O)c2ccc(OC)c(C)c2)C1. The third-order valence-corrected chi connectivity index (χ3v) is 5.87. The highest BCUT2D eigenvalue weighted by Gasteiger charge is 2.34. The van der Waals surface area contributed by atoms with E-state index in [1.807, 2.05) is 0 Å². The number of sulfonamides is 1. The molecular formula is C16H23NO5S. The fourth-order valence-corrected chi connectivity index (χ4v) is 4.38. The maximum Gasteiger partial charge on any atom is 0.310 e. The molecule has 1 atom stereocenters. The molecule has 0 N–H and O–H groups in total. The number of piperidine rings is 1. The number of hydrogen-bond donors (Lipinski definition) is 0. The minimum atomic E-state index is -3.62. The van der Waals surface area contributed by atoms with E-state index >= 15 is 0 Å². The second-order valence-corrected chi connectivity index (χ2v) is 7.52. The van der Waals surface area contributed by atoms with Gasteiger partial charge >= 0.3 is 5.97 Å². The molecule has 0 aromatic heterocycles. The van der Waals surface area contributed by atoms with Gasteiger partial charge in [0.05, 0.1) is 24.5 Å². The monoisotopic (exact) mass is 341 g/mol. The highest BCUT2D eigenvalue weighted by atomic mass is 32.2.